The van der Waals surface area contributed by atoms with Crippen LogP contribution < -0.4 is 0 Å². The molecular formula is C22H25N3O3. The van der Waals surface area contributed by atoms with Crippen LogP contribution in [0.25, 0.3) is 5.76 Å². The van der Waals surface area contributed by atoms with Gasteiger partial charge in [-0.1, -0.05) is 29.8 Å². The van der Waals surface area contributed by atoms with Gasteiger partial charge in [0, 0.05) is 24.5 Å². The highest BCUT2D eigenvalue weighted by atomic mass is 16.3. The van der Waals surface area contributed by atoms with E-state index in [0.717, 1.165) is 24.1 Å². The Labute approximate surface area is 165 Å². The van der Waals surface area contributed by atoms with Crippen LogP contribution in [0.1, 0.15) is 29.2 Å². The second-order valence-electron chi connectivity index (χ2n) is 7.30. The summed E-state index contributed by atoms with van der Waals surface area (Å²) in [6.07, 6.45) is 3.82. The van der Waals surface area contributed by atoms with Gasteiger partial charge in [-0.2, -0.15) is 0 Å². The molecular weight excluding hydrogens is 354 g/mol. The number of amides is 1. The van der Waals surface area contributed by atoms with Crippen LogP contribution in [0.15, 0.2) is 54.4 Å². The maximum absolute atomic E-state index is 12.9. The lowest BCUT2D eigenvalue weighted by Gasteiger charge is -2.26. The van der Waals surface area contributed by atoms with Gasteiger partial charge < -0.3 is 14.9 Å². The maximum atomic E-state index is 12.9. The summed E-state index contributed by atoms with van der Waals surface area (Å²) in [5.74, 6) is -1.38. The first-order chi connectivity index (χ1) is 13.4. The third kappa shape index (κ3) is 3.97. The van der Waals surface area contributed by atoms with Crippen molar-refractivity contribution in [3.63, 3.8) is 0 Å². The Morgan fingerprint density at radius 1 is 1.18 bits per heavy atom. The topological polar surface area (TPSA) is 73.7 Å². The summed E-state index contributed by atoms with van der Waals surface area (Å²) in [6, 6.07) is 10.4. The van der Waals surface area contributed by atoms with Crippen molar-refractivity contribution in [2.75, 3.05) is 27.2 Å². The third-order valence-electron chi connectivity index (χ3n) is 4.86. The number of nitrogens with zero attached hydrogens (tertiary/aromatic N) is 3. The molecule has 2 heterocycles. The number of benzene rings is 1. The minimum atomic E-state index is -0.648. The van der Waals surface area contributed by atoms with Gasteiger partial charge in [-0.25, -0.2) is 0 Å². The number of aromatic nitrogens is 1. The number of carbonyl (C=O) groups excluding carboxylic acids is 2. The van der Waals surface area contributed by atoms with Gasteiger partial charge in [0.25, 0.3) is 11.7 Å². The molecule has 1 aliphatic rings. The lowest BCUT2D eigenvalue weighted by atomic mass is 9.94. The number of hydrogen-bond acceptors (Lipinski definition) is 5. The fourth-order valence-electron chi connectivity index (χ4n) is 3.52. The van der Waals surface area contributed by atoms with E-state index in [4.69, 9.17) is 0 Å². The van der Waals surface area contributed by atoms with E-state index in [2.05, 4.69) is 4.98 Å². The van der Waals surface area contributed by atoms with Crippen LogP contribution in [0.4, 0.5) is 0 Å². The first-order valence-corrected chi connectivity index (χ1v) is 9.30. The first-order valence-electron chi connectivity index (χ1n) is 9.30. The molecule has 0 aliphatic carbocycles. The summed E-state index contributed by atoms with van der Waals surface area (Å²) in [7, 11) is 3.94. The zero-order chi connectivity index (χ0) is 20.3. The number of likely N-dealkylation sites (tertiary alicyclic amines) is 1. The molecule has 2 aromatic rings. The highest BCUT2D eigenvalue weighted by Gasteiger charge is 2.45. The minimum Gasteiger partial charge on any atom is -0.507 e. The molecule has 1 aliphatic heterocycles. The quantitative estimate of drug-likeness (QED) is 0.475. The molecule has 1 amide bonds. The third-order valence-corrected chi connectivity index (χ3v) is 4.86. The normalized spacial score (nSPS) is 18.9. The highest BCUT2D eigenvalue weighted by molar-refractivity contribution is 6.46. The average Bonchev–Trinajstić information content (AvgIpc) is 2.93. The molecule has 1 aromatic carbocycles. The Morgan fingerprint density at radius 2 is 1.89 bits per heavy atom. The van der Waals surface area contributed by atoms with Crippen molar-refractivity contribution in [2.24, 2.45) is 0 Å². The van der Waals surface area contributed by atoms with E-state index in [1.807, 2.05) is 50.2 Å². The standard InChI is InChI=1S/C22H25N3O3/c1-15-6-4-7-17(14-15)19-18(20(26)16-8-10-23-11-9-16)21(27)22(28)25(19)13-5-12-24(2)3/h4,6-11,14,19,26H,5,12-13H2,1-3H3/b20-18-. The molecule has 146 valence electrons. The van der Waals surface area contributed by atoms with E-state index in [-0.39, 0.29) is 11.3 Å². The van der Waals surface area contributed by atoms with Crippen LogP contribution in [0, 0.1) is 6.92 Å². The van der Waals surface area contributed by atoms with Gasteiger partial charge >= 0.3 is 0 Å². The van der Waals surface area contributed by atoms with Gasteiger partial charge in [0.05, 0.1) is 11.6 Å². The lowest BCUT2D eigenvalue weighted by Crippen LogP contribution is -2.32. The number of hydrogen-bond donors (Lipinski definition) is 1. The predicted octanol–water partition coefficient (Wildman–Crippen LogP) is 2.76. The Hall–Kier alpha value is -2.99. The van der Waals surface area contributed by atoms with Gasteiger partial charge in [-0.05, 0) is 51.7 Å². The fraction of sp³-hybridized carbons (Fsp3) is 0.318. The number of ketones is 1. The molecule has 28 heavy (non-hydrogen) atoms. The van der Waals surface area contributed by atoms with Gasteiger partial charge in [0.15, 0.2) is 0 Å². The van der Waals surface area contributed by atoms with E-state index >= 15 is 0 Å². The van der Waals surface area contributed by atoms with Crippen LogP contribution in [-0.4, -0.2) is 58.8 Å². The molecule has 0 radical (unpaired) electrons. The summed E-state index contributed by atoms with van der Waals surface area (Å²) < 4.78 is 0. The predicted molar refractivity (Wildman–Crippen MR) is 108 cm³/mol. The Bertz CT molecular complexity index is 906. The van der Waals surface area contributed by atoms with E-state index in [1.165, 1.54) is 0 Å². The number of carbonyl (C=O) groups is 2. The van der Waals surface area contributed by atoms with E-state index in [1.54, 1.807) is 29.4 Å². The van der Waals surface area contributed by atoms with Crippen LogP contribution in [0.3, 0.4) is 0 Å². The summed E-state index contributed by atoms with van der Waals surface area (Å²) in [6.45, 7) is 3.20. The van der Waals surface area contributed by atoms with Crippen molar-refractivity contribution in [2.45, 2.75) is 19.4 Å². The van der Waals surface area contributed by atoms with Crippen molar-refractivity contribution < 1.29 is 14.7 Å². The van der Waals surface area contributed by atoms with Crippen LogP contribution >= 0.6 is 0 Å². The second kappa shape index (κ2) is 8.35. The summed E-state index contributed by atoms with van der Waals surface area (Å²) >= 11 is 0. The summed E-state index contributed by atoms with van der Waals surface area (Å²) in [5.41, 5.74) is 2.45. The molecule has 1 fully saturated rings. The molecule has 1 saturated heterocycles. The second-order valence-corrected chi connectivity index (χ2v) is 7.30. The maximum Gasteiger partial charge on any atom is 0.295 e. The minimum absolute atomic E-state index is 0.131. The van der Waals surface area contributed by atoms with Crippen molar-refractivity contribution in [1.29, 1.82) is 0 Å². The number of rotatable bonds is 6. The van der Waals surface area contributed by atoms with Crippen LogP contribution in [0.2, 0.25) is 0 Å². The fourth-order valence-corrected chi connectivity index (χ4v) is 3.52. The summed E-state index contributed by atoms with van der Waals surface area (Å²) in [5, 5.41) is 10.9. The molecule has 1 atom stereocenters. The van der Waals surface area contributed by atoms with Crippen molar-refractivity contribution in [3.05, 3.63) is 71.1 Å². The lowest BCUT2D eigenvalue weighted by molar-refractivity contribution is -0.139. The number of Topliss-reactive ketones (excluding diaryl/α,β-unsaturated/α-hetero) is 1. The number of aliphatic hydroxyl groups excluding tert-OH is 1. The van der Waals surface area contributed by atoms with Gasteiger partial charge in [-0.15, -0.1) is 0 Å². The Kier molecular flexibility index (Phi) is 5.90. The number of aryl methyl sites for hydroxylation is 1. The molecule has 6 nitrogen and oxygen atoms in total. The zero-order valence-electron chi connectivity index (χ0n) is 16.4. The molecule has 1 unspecified atom stereocenters. The Balaban J connectivity index is 2.08. The monoisotopic (exact) mass is 379 g/mol. The Morgan fingerprint density at radius 3 is 2.54 bits per heavy atom. The van der Waals surface area contributed by atoms with Crippen molar-refractivity contribution in [1.82, 2.24) is 14.8 Å². The first kappa shape index (κ1) is 19.8. The van der Waals surface area contributed by atoms with Gasteiger partial charge in [-0.3, -0.25) is 14.6 Å². The molecule has 3 rings (SSSR count). The van der Waals surface area contributed by atoms with Crippen LogP contribution in [0.5, 0.6) is 0 Å². The highest BCUT2D eigenvalue weighted by Crippen LogP contribution is 2.39. The van der Waals surface area contributed by atoms with Gasteiger partial charge in [0.1, 0.15) is 5.76 Å². The van der Waals surface area contributed by atoms with E-state index in [0.29, 0.717) is 12.1 Å². The average molecular weight is 379 g/mol. The molecule has 1 aromatic heterocycles. The molecule has 0 bridgehead atoms. The van der Waals surface area contributed by atoms with E-state index < -0.39 is 17.7 Å². The molecule has 0 saturated carbocycles. The molecule has 6 heteroatoms. The molecule has 1 N–H and O–H groups in total. The van der Waals surface area contributed by atoms with E-state index in [9.17, 15) is 14.7 Å². The number of pyridine rings is 1. The van der Waals surface area contributed by atoms with Gasteiger partial charge in [0.2, 0.25) is 0 Å². The van der Waals surface area contributed by atoms with Crippen molar-refractivity contribution >= 4 is 17.4 Å². The largest absolute Gasteiger partial charge is 0.507 e. The number of aliphatic hydroxyl groups is 1. The zero-order valence-corrected chi connectivity index (χ0v) is 16.4. The SMILES string of the molecule is Cc1cccc(C2/C(=C(/O)c3ccncc3)C(=O)C(=O)N2CCCN(C)C)c1. The van der Waals surface area contributed by atoms with Crippen molar-refractivity contribution in [3.8, 4) is 0 Å². The molecule has 0 spiro atoms. The van der Waals surface area contributed by atoms with Crippen LogP contribution in [-0.2, 0) is 9.59 Å². The summed E-state index contributed by atoms with van der Waals surface area (Å²) in [4.78, 5) is 33.2. The smallest absolute Gasteiger partial charge is 0.295 e.